The van der Waals surface area contributed by atoms with Gasteiger partial charge < -0.3 is 10.2 Å². The highest BCUT2D eigenvalue weighted by molar-refractivity contribution is 14.1. The summed E-state index contributed by atoms with van der Waals surface area (Å²) < 4.78 is 26.1. The van der Waals surface area contributed by atoms with Gasteiger partial charge in [-0.2, -0.15) is 0 Å². The van der Waals surface area contributed by atoms with Crippen molar-refractivity contribution in [3.63, 3.8) is 0 Å². The largest absolute Gasteiger partial charge is 0.481 e. The van der Waals surface area contributed by atoms with Gasteiger partial charge >= 0.3 is 11.9 Å². The molecule has 2 unspecified atom stereocenters. The van der Waals surface area contributed by atoms with Gasteiger partial charge in [0.05, 0.1) is 5.41 Å². The van der Waals surface area contributed by atoms with Crippen molar-refractivity contribution in [1.29, 1.82) is 0 Å². The number of alkyl halides is 1. The Morgan fingerprint density at radius 1 is 1.26 bits per heavy atom. The van der Waals surface area contributed by atoms with Crippen molar-refractivity contribution >= 4 is 34.5 Å². The molecule has 2 N–H and O–H groups in total. The highest BCUT2D eigenvalue weighted by atomic mass is 127. The molecular formula is C16H15F2IO4. The number of carboxylic acids is 2. The molecule has 0 aliphatic heterocycles. The number of rotatable bonds is 4. The lowest BCUT2D eigenvalue weighted by molar-refractivity contribution is -0.149. The van der Waals surface area contributed by atoms with E-state index < -0.39 is 32.4 Å². The molecule has 0 spiro atoms. The third kappa shape index (κ3) is 3.11. The molecule has 7 heteroatoms. The van der Waals surface area contributed by atoms with Crippen molar-refractivity contribution in [2.75, 3.05) is 0 Å². The summed E-state index contributed by atoms with van der Waals surface area (Å²) in [6.45, 7) is 1.59. The van der Waals surface area contributed by atoms with Crippen LogP contribution in [0.1, 0.15) is 25.3 Å². The van der Waals surface area contributed by atoms with Crippen molar-refractivity contribution in [3.05, 3.63) is 47.0 Å². The molecule has 0 bridgehead atoms. The Morgan fingerprint density at radius 3 is 2.48 bits per heavy atom. The van der Waals surface area contributed by atoms with Crippen LogP contribution in [-0.2, 0) is 16.0 Å². The fraction of sp³-hybridized carbons (Fsp3) is 0.375. The van der Waals surface area contributed by atoms with Gasteiger partial charge in [0.1, 0.15) is 3.42 Å². The zero-order valence-electron chi connectivity index (χ0n) is 12.3. The van der Waals surface area contributed by atoms with Crippen LogP contribution in [0.4, 0.5) is 8.78 Å². The van der Waals surface area contributed by atoms with Crippen LogP contribution in [0.25, 0.3) is 0 Å². The van der Waals surface area contributed by atoms with Gasteiger partial charge in [-0.05, 0) is 37.8 Å². The first kappa shape index (κ1) is 17.8. The van der Waals surface area contributed by atoms with Crippen molar-refractivity contribution < 1.29 is 28.6 Å². The summed E-state index contributed by atoms with van der Waals surface area (Å²) in [4.78, 5) is 23.4. The van der Waals surface area contributed by atoms with Gasteiger partial charge in [0.2, 0.25) is 0 Å². The molecule has 0 saturated carbocycles. The van der Waals surface area contributed by atoms with Gasteiger partial charge in [0, 0.05) is 0 Å². The van der Waals surface area contributed by atoms with E-state index in [4.69, 9.17) is 0 Å². The summed E-state index contributed by atoms with van der Waals surface area (Å²) >= 11 is 1.73. The molecule has 0 fully saturated rings. The molecule has 0 heterocycles. The van der Waals surface area contributed by atoms with E-state index >= 15 is 0 Å². The third-order valence-corrected chi connectivity index (χ3v) is 5.67. The first-order valence-electron chi connectivity index (χ1n) is 6.88. The summed E-state index contributed by atoms with van der Waals surface area (Å²) in [7, 11) is 0. The van der Waals surface area contributed by atoms with Crippen molar-refractivity contribution in [3.8, 4) is 0 Å². The molecule has 4 nitrogen and oxygen atoms in total. The Kier molecular flexibility index (Phi) is 4.79. The molecule has 124 valence electrons. The monoisotopic (exact) mass is 436 g/mol. The van der Waals surface area contributed by atoms with Gasteiger partial charge in [-0.15, -0.1) is 0 Å². The minimum Gasteiger partial charge on any atom is -0.481 e. The second kappa shape index (κ2) is 6.18. The molecule has 2 atom stereocenters. The Balaban J connectivity index is 2.53. The number of hydrogen-bond acceptors (Lipinski definition) is 2. The average Bonchev–Trinajstić information content (AvgIpc) is 2.47. The Morgan fingerprint density at radius 2 is 1.91 bits per heavy atom. The van der Waals surface area contributed by atoms with Crippen LogP contribution in [0.5, 0.6) is 0 Å². The van der Waals surface area contributed by atoms with Crippen molar-refractivity contribution in [2.24, 2.45) is 5.41 Å². The number of carbonyl (C=O) groups is 2. The van der Waals surface area contributed by atoms with E-state index in [2.05, 4.69) is 0 Å². The zero-order chi connectivity index (χ0) is 17.4. The van der Waals surface area contributed by atoms with Crippen molar-refractivity contribution in [1.82, 2.24) is 0 Å². The number of carboxylic acid groups (broad SMARTS) is 2. The Bertz CT molecular complexity index is 703. The summed E-state index contributed by atoms with van der Waals surface area (Å²) in [5.74, 6) is -4.51. The quantitative estimate of drug-likeness (QED) is 0.430. The fourth-order valence-electron chi connectivity index (χ4n) is 2.90. The maximum Gasteiger partial charge on any atom is 0.319 e. The number of allylic oxidation sites excluding steroid dienone is 1. The highest BCUT2D eigenvalue weighted by Gasteiger charge is 2.52. The molecule has 1 aliphatic rings. The molecule has 2 rings (SSSR count). The topological polar surface area (TPSA) is 74.6 Å². The summed E-state index contributed by atoms with van der Waals surface area (Å²) in [5.41, 5.74) is -1.19. The first-order valence-corrected chi connectivity index (χ1v) is 7.96. The van der Waals surface area contributed by atoms with E-state index in [-0.39, 0.29) is 24.8 Å². The molecule has 0 saturated heterocycles. The smallest absolute Gasteiger partial charge is 0.319 e. The van der Waals surface area contributed by atoms with Crippen LogP contribution >= 0.6 is 22.6 Å². The average molecular weight is 436 g/mol. The number of benzene rings is 1. The molecule has 1 aromatic carbocycles. The zero-order valence-corrected chi connectivity index (χ0v) is 14.4. The van der Waals surface area contributed by atoms with Crippen LogP contribution in [0.3, 0.4) is 0 Å². The van der Waals surface area contributed by atoms with E-state index in [0.717, 1.165) is 6.07 Å². The van der Waals surface area contributed by atoms with E-state index in [1.165, 1.54) is 12.1 Å². The second-order valence-electron chi connectivity index (χ2n) is 5.82. The van der Waals surface area contributed by atoms with E-state index in [0.29, 0.717) is 5.57 Å². The summed E-state index contributed by atoms with van der Waals surface area (Å²) in [6, 6.07) is 3.58. The fourth-order valence-corrected chi connectivity index (χ4v) is 3.77. The lowest BCUT2D eigenvalue weighted by Crippen LogP contribution is -2.47. The molecule has 1 aromatic rings. The molecule has 0 aromatic heterocycles. The maximum absolute atomic E-state index is 14.0. The van der Waals surface area contributed by atoms with Crippen LogP contribution in [0, 0.1) is 17.0 Å². The second-order valence-corrected chi connectivity index (χ2v) is 7.88. The van der Waals surface area contributed by atoms with Crippen LogP contribution in [-0.4, -0.2) is 25.6 Å². The minimum absolute atomic E-state index is 0.0776. The van der Waals surface area contributed by atoms with E-state index in [9.17, 15) is 28.6 Å². The predicted molar refractivity (Wildman–Crippen MR) is 87.5 cm³/mol. The van der Waals surface area contributed by atoms with E-state index in [1.807, 2.05) is 0 Å². The van der Waals surface area contributed by atoms with Gasteiger partial charge in [-0.25, -0.2) is 8.78 Å². The predicted octanol–water partition coefficient (Wildman–Crippen LogP) is 3.58. The lowest BCUT2D eigenvalue weighted by Gasteiger charge is -2.40. The molecule has 1 aliphatic carbocycles. The number of aliphatic carboxylic acids is 2. The van der Waals surface area contributed by atoms with Crippen LogP contribution in [0.2, 0.25) is 0 Å². The molecule has 0 radical (unpaired) electrons. The normalized spacial score (nSPS) is 27.4. The van der Waals surface area contributed by atoms with Crippen LogP contribution in [0.15, 0.2) is 29.8 Å². The van der Waals surface area contributed by atoms with Crippen LogP contribution < -0.4 is 0 Å². The lowest BCUT2D eigenvalue weighted by atomic mass is 9.66. The number of halogens is 3. The molecular weight excluding hydrogens is 421 g/mol. The standard InChI is InChI=1S/C16H15F2IO4/c1-9-5-6-16(19,14(22)23)8-15(9,13(20)21)7-10-3-2-4-11(17)12(10)18/h2-5H,6-8H2,1H3,(H,20,21)(H,22,23). The molecule has 0 amide bonds. The first-order chi connectivity index (χ1) is 10.6. The SMILES string of the molecule is CC1=CCC(I)(C(=O)O)CC1(Cc1cccc(F)c1F)C(=O)O. The van der Waals surface area contributed by atoms with Gasteiger partial charge in [-0.3, -0.25) is 9.59 Å². The molecule has 23 heavy (non-hydrogen) atoms. The van der Waals surface area contributed by atoms with Gasteiger partial charge in [0.25, 0.3) is 0 Å². The minimum atomic E-state index is -1.58. The highest BCUT2D eigenvalue weighted by Crippen LogP contribution is 2.49. The number of hydrogen-bond donors (Lipinski definition) is 2. The summed E-state index contributed by atoms with van der Waals surface area (Å²) in [6.07, 6.45) is 1.26. The summed E-state index contributed by atoms with van der Waals surface area (Å²) in [5, 5.41) is 19.1. The Labute approximate surface area is 145 Å². The van der Waals surface area contributed by atoms with Gasteiger partial charge in [0.15, 0.2) is 11.6 Å². The maximum atomic E-state index is 14.0. The van der Waals surface area contributed by atoms with Gasteiger partial charge in [-0.1, -0.05) is 46.4 Å². The van der Waals surface area contributed by atoms with E-state index in [1.54, 1.807) is 35.6 Å². The third-order valence-electron chi connectivity index (χ3n) is 4.39. The van der Waals surface area contributed by atoms with Crippen molar-refractivity contribution in [2.45, 2.75) is 29.6 Å². The Hall–Kier alpha value is -1.51.